The van der Waals surface area contributed by atoms with Gasteiger partial charge in [0.1, 0.15) is 0 Å². The van der Waals surface area contributed by atoms with Crippen LogP contribution >= 0.6 is 12.4 Å². The summed E-state index contributed by atoms with van der Waals surface area (Å²) in [4.78, 5) is 13.9. The van der Waals surface area contributed by atoms with E-state index in [0.29, 0.717) is 18.9 Å². The molecule has 17 heavy (non-hydrogen) atoms. The Morgan fingerprint density at radius 2 is 2.24 bits per heavy atom. The van der Waals surface area contributed by atoms with Crippen LogP contribution in [0.25, 0.3) is 0 Å². The lowest BCUT2D eigenvalue weighted by molar-refractivity contribution is -0.135. The van der Waals surface area contributed by atoms with Crippen molar-refractivity contribution in [2.45, 2.75) is 33.3 Å². The summed E-state index contributed by atoms with van der Waals surface area (Å²) >= 11 is 0. The number of nitrogens with one attached hydrogen (secondary N) is 1. The fourth-order valence-corrected chi connectivity index (χ4v) is 1.92. The zero-order valence-electron chi connectivity index (χ0n) is 11.1. The Morgan fingerprint density at radius 1 is 1.53 bits per heavy atom. The quantitative estimate of drug-likeness (QED) is 0.814. The van der Waals surface area contributed by atoms with Crippen molar-refractivity contribution in [2.24, 2.45) is 5.92 Å². The normalized spacial score (nSPS) is 19.9. The summed E-state index contributed by atoms with van der Waals surface area (Å²) in [6.45, 7) is 10.3. The van der Waals surface area contributed by atoms with Crippen molar-refractivity contribution in [3.05, 3.63) is 0 Å². The predicted molar refractivity (Wildman–Crippen MR) is 71.6 cm³/mol. The first-order valence-electron chi connectivity index (χ1n) is 6.23. The molecule has 0 aromatic carbocycles. The molecule has 102 valence electrons. The molecule has 0 aromatic heterocycles. The van der Waals surface area contributed by atoms with Crippen LogP contribution in [0.1, 0.15) is 27.2 Å². The van der Waals surface area contributed by atoms with Gasteiger partial charge in [0.05, 0.1) is 19.1 Å². The molecule has 1 amide bonds. The molecule has 0 spiro atoms. The average molecular weight is 265 g/mol. The van der Waals surface area contributed by atoms with Gasteiger partial charge in [-0.1, -0.05) is 13.8 Å². The van der Waals surface area contributed by atoms with E-state index >= 15 is 0 Å². The molecule has 1 heterocycles. The SMILES string of the molecule is CCN(CC(C)C)C(=O)CC1CNCCO1.Cl. The molecule has 1 N–H and O–H groups in total. The van der Waals surface area contributed by atoms with Gasteiger partial charge in [-0.15, -0.1) is 12.4 Å². The first kappa shape index (κ1) is 16.7. The van der Waals surface area contributed by atoms with Crippen LogP contribution in [-0.4, -0.2) is 49.7 Å². The minimum atomic E-state index is 0. The molecule has 1 fully saturated rings. The third-order valence-corrected chi connectivity index (χ3v) is 2.73. The number of ether oxygens (including phenoxy) is 1. The van der Waals surface area contributed by atoms with Gasteiger partial charge in [-0.05, 0) is 12.8 Å². The van der Waals surface area contributed by atoms with E-state index in [1.54, 1.807) is 0 Å². The van der Waals surface area contributed by atoms with Gasteiger partial charge in [-0.3, -0.25) is 4.79 Å². The Morgan fingerprint density at radius 3 is 2.71 bits per heavy atom. The molecule has 1 rings (SSSR count). The highest BCUT2D eigenvalue weighted by molar-refractivity contribution is 5.85. The first-order valence-corrected chi connectivity index (χ1v) is 6.23. The highest BCUT2D eigenvalue weighted by Gasteiger charge is 2.20. The van der Waals surface area contributed by atoms with Crippen molar-refractivity contribution in [3.8, 4) is 0 Å². The zero-order chi connectivity index (χ0) is 12.0. The molecule has 0 aromatic rings. The van der Waals surface area contributed by atoms with Crippen molar-refractivity contribution in [3.63, 3.8) is 0 Å². The Balaban J connectivity index is 0.00000256. The molecule has 0 bridgehead atoms. The summed E-state index contributed by atoms with van der Waals surface area (Å²) in [7, 11) is 0. The smallest absolute Gasteiger partial charge is 0.225 e. The second-order valence-electron chi connectivity index (χ2n) is 4.73. The van der Waals surface area contributed by atoms with Crippen LogP contribution < -0.4 is 5.32 Å². The van der Waals surface area contributed by atoms with Gasteiger partial charge in [-0.2, -0.15) is 0 Å². The molecule has 1 aliphatic rings. The first-order chi connectivity index (χ1) is 7.63. The van der Waals surface area contributed by atoms with Crippen molar-refractivity contribution in [1.29, 1.82) is 0 Å². The van der Waals surface area contributed by atoms with E-state index < -0.39 is 0 Å². The summed E-state index contributed by atoms with van der Waals surface area (Å²) in [5, 5.41) is 3.24. The van der Waals surface area contributed by atoms with Crippen LogP contribution in [0.4, 0.5) is 0 Å². The van der Waals surface area contributed by atoms with Crippen LogP contribution in [0.2, 0.25) is 0 Å². The van der Waals surface area contributed by atoms with E-state index in [1.165, 1.54) is 0 Å². The van der Waals surface area contributed by atoms with Gasteiger partial charge >= 0.3 is 0 Å². The molecular weight excluding hydrogens is 240 g/mol. The van der Waals surface area contributed by atoms with Crippen LogP contribution in [0, 0.1) is 5.92 Å². The molecule has 0 radical (unpaired) electrons. The Bertz CT molecular complexity index is 219. The molecule has 1 unspecified atom stereocenters. The van der Waals surface area contributed by atoms with Crippen molar-refractivity contribution < 1.29 is 9.53 Å². The second kappa shape index (κ2) is 8.72. The van der Waals surface area contributed by atoms with Gasteiger partial charge in [0.15, 0.2) is 0 Å². The maximum atomic E-state index is 12.0. The van der Waals surface area contributed by atoms with E-state index in [2.05, 4.69) is 19.2 Å². The number of carbonyl (C=O) groups excluding carboxylic acids is 1. The van der Waals surface area contributed by atoms with Gasteiger partial charge < -0.3 is 15.0 Å². The molecule has 1 aliphatic heterocycles. The van der Waals surface area contributed by atoms with Crippen LogP contribution in [0.15, 0.2) is 0 Å². The number of hydrogen-bond acceptors (Lipinski definition) is 3. The van der Waals surface area contributed by atoms with Crippen molar-refractivity contribution >= 4 is 18.3 Å². The standard InChI is InChI=1S/C12H24N2O2.ClH/c1-4-14(9-10(2)3)12(15)7-11-8-13-5-6-16-11;/h10-11,13H,4-9H2,1-3H3;1H. The zero-order valence-corrected chi connectivity index (χ0v) is 11.9. The fourth-order valence-electron chi connectivity index (χ4n) is 1.92. The number of carbonyl (C=O) groups is 1. The molecular formula is C12H25ClN2O2. The number of nitrogens with zero attached hydrogens (tertiary/aromatic N) is 1. The Hall–Kier alpha value is -0.320. The molecule has 4 nitrogen and oxygen atoms in total. The van der Waals surface area contributed by atoms with E-state index in [-0.39, 0.29) is 24.4 Å². The third-order valence-electron chi connectivity index (χ3n) is 2.73. The van der Waals surface area contributed by atoms with E-state index in [9.17, 15) is 4.79 Å². The van der Waals surface area contributed by atoms with Crippen molar-refractivity contribution in [1.82, 2.24) is 10.2 Å². The number of halogens is 1. The predicted octanol–water partition coefficient (Wildman–Crippen LogP) is 1.29. The molecule has 1 saturated heterocycles. The third kappa shape index (κ3) is 6.24. The van der Waals surface area contributed by atoms with Gasteiger partial charge in [0, 0.05) is 26.2 Å². The van der Waals surface area contributed by atoms with Crippen LogP contribution in [0.5, 0.6) is 0 Å². The minimum absolute atomic E-state index is 0. The topological polar surface area (TPSA) is 41.6 Å². The number of hydrogen-bond donors (Lipinski definition) is 1. The lowest BCUT2D eigenvalue weighted by Crippen LogP contribution is -2.43. The van der Waals surface area contributed by atoms with Gasteiger partial charge in [-0.25, -0.2) is 0 Å². The fraction of sp³-hybridized carbons (Fsp3) is 0.917. The van der Waals surface area contributed by atoms with Gasteiger partial charge in [0.25, 0.3) is 0 Å². The summed E-state index contributed by atoms with van der Waals surface area (Å²) in [6.07, 6.45) is 0.565. The second-order valence-corrected chi connectivity index (χ2v) is 4.73. The highest BCUT2D eigenvalue weighted by Crippen LogP contribution is 2.07. The average Bonchev–Trinajstić information content (AvgIpc) is 2.26. The molecule has 0 saturated carbocycles. The lowest BCUT2D eigenvalue weighted by Gasteiger charge is -2.27. The van der Waals surface area contributed by atoms with Crippen LogP contribution in [0.3, 0.4) is 0 Å². The maximum Gasteiger partial charge on any atom is 0.225 e. The number of morpholine rings is 1. The largest absolute Gasteiger partial charge is 0.375 e. The van der Waals surface area contributed by atoms with E-state index in [0.717, 1.165) is 26.2 Å². The Kier molecular flexibility index (Phi) is 8.56. The number of rotatable bonds is 5. The maximum absolute atomic E-state index is 12.0. The Labute approximate surface area is 110 Å². The molecule has 5 heteroatoms. The molecule has 0 aliphatic carbocycles. The molecule has 1 atom stereocenters. The number of amides is 1. The minimum Gasteiger partial charge on any atom is -0.375 e. The van der Waals surface area contributed by atoms with Crippen LogP contribution in [-0.2, 0) is 9.53 Å². The van der Waals surface area contributed by atoms with Crippen molar-refractivity contribution in [2.75, 3.05) is 32.8 Å². The summed E-state index contributed by atoms with van der Waals surface area (Å²) in [6, 6.07) is 0. The lowest BCUT2D eigenvalue weighted by atomic mass is 10.1. The highest BCUT2D eigenvalue weighted by atomic mass is 35.5. The van der Waals surface area contributed by atoms with E-state index in [4.69, 9.17) is 4.74 Å². The summed E-state index contributed by atoms with van der Waals surface area (Å²) < 4.78 is 5.54. The summed E-state index contributed by atoms with van der Waals surface area (Å²) in [5.41, 5.74) is 0. The monoisotopic (exact) mass is 264 g/mol. The summed E-state index contributed by atoms with van der Waals surface area (Å²) in [5.74, 6) is 0.735. The van der Waals surface area contributed by atoms with E-state index in [1.807, 2.05) is 11.8 Å². The van der Waals surface area contributed by atoms with Gasteiger partial charge in [0.2, 0.25) is 5.91 Å².